The molecule has 60 valence electrons. The molecule has 0 saturated carbocycles. The van der Waals surface area contributed by atoms with Gasteiger partial charge in [-0.1, -0.05) is 25.4 Å². The fourth-order valence-electron chi connectivity index (χ4n) is 0.826. The molecule has 1 rings (SSSR count). The molecule has 0 aromatic carbocycles. The summed E-state index contributed by atoms with van der Waals surface area (Å²) in [5.41, 5.74) is 1.02. The minimum Gasteiger partial charge on any atom is -0.241 e. The van der Waals surface area contributed by atoms with E-state index in [-0.39, 0.29) is 0 Å². The summed E-state index contributed by atoms with van der Waals surface area (Å²) in [4.78, 5) is 7.93. The molecule has 0 spiro atoms. The number of rotatable bonds is 2. The molecular weight excluding hydrogens is 160 g/mol. The normalized spacial score (nSPS) is 13.0. The van der Waals surface area contributed by atoms with Crippen LogP contribution in [0, 0.1) is 0 Å². The van der Waals surface area contributed by atoms with Crippen LogP contribution in [0.1, 0.15) is 31.9 Å². The molecule has 0 bridgehead atoms. The van der Waals surface area contributed by atoms with Crippen LogP contribution in [0.2, 0.25) is 5.15 Å². The molecule has 11 heavy (non-hydrogen) atoms. The third-order valence-corrected chi connectivity index (χ3v) is 1.98. The van der Waals surface area contributed by atoms with E-state index in [1.165, 1.54) is 6.33 Å². The van der Waals surface area contributed by atoms with E-state index in [4.69, 9.17) is 11.6 Å². The minimum absolute atomic E-state index is 0.468. The number of nitrogens with zero attached hydrogens (tertiary/aromatic N) is 2. The van der Waals surface area contributed by atoms with Crippen LogP contribution in [-0.4, -0.2) is 9.97 Å². The molecule has 0 aliphatic heterocycles. The van der Waals surface area contributed by atoms with Crippen molar-refractivity contribution in [2.24, 2.45) is 0 Å². The molecule has 1 aromatic rings. The second kappa shape index (κ2) is 3.67. The number of aromatic nitrogens is 2. The molecule has 1 atom stereocenters. The van der Waals surface area contributed by atoms with Gasteiger partial charge in [0.1, 0.15) is 11.5 Å². The number of hydrogen-bond acceptors (Lipinski definition) is 2. The fraction of sp³-hybridized carbons (Fsp3) is 0.500. The quantitative estimate of drug-likeness (QED) is 0.638. The van der Waals surface area contributed by atoms with Crippen molar-refractivity contribution in [3.63, 3.8) is 0 Å². The molecular formula is C8H11ClN2. The predicted octanol–water partition coefficient (Wildman–Crippen LogP) is 2.64. The lowest BCUT2D eigenvalue weighted by molar-refractivity contribution is 0.704. The van der Waals surface area contributed by atoms with Gasteiger partial charge in [0.05, 0.1) is 0 Å². The van der Waals surface area contributed by atoms with Crippen molar-refractivity contribution in [2.45, 2.75) is 26.2 Å². The molecule has 0 fully saturated rings. The van der Waals surface area contributed by atoms with Gasteiger partial charge in [-0.25, -0.2) is 9.97 Å². The first-order valence-electron chi connectivity index (χ1n) is 3.71. The molecule has 0 radical (unpaired) electrons. The first kappa shape index (κ1) is 8.47. The Balaban J connectivity index is 2.86. The zero-order chi connectivity index (χ0) is 8.27. The van der Waals surface area contributed by atoms with Gasteiger partial charge >= 0.3 is 0 Å². The van der Waals surface area contributed by atoms with Crippen LogP contribution in [0.5, 0.6) is 0 Å². The first-order chi connectivity index (χ1) is 5.24. The van der Waals surface area contributed by atoms with E-state index in [1.54, 1.807) is 0 Å². The Morgan fingerprint density at radius 1 is 1.55 bits per heavy atom. The molecule has 0 N–H and O–H groups in total. The molecule has 0 amide bonds. The third kappa shape index (κ3) is 2.15. The van der Waals surface area contributed by atoms with E-state index < -0.39 is 0 Å². The van der Waals surface area contributed by atoms with Crippen LogP contribution in [0.25, 0.3) is 0 Å². The summed E-state index contributed by atoms with van der Waals surface area (Å²) in [5, 5.41) is 0.523. The highest BCUT2D eigenvalue weighted by Crippen LogP contribution is 2.17. The van der Waals surface area contributed by atoms with Crippen molar-refractivity contribution >= 4 is 11.6 Å². The number of halogens is 1. The summed E-state index contributed by atoms with van der Waals surface area (Å²) >= 11 is 5.69. The van der Waals surface area contributed by atoms with Crippen LogP contribution in [0.4, 0.5) is 0 Å². The lowest BCUT2D eigenvalue weighted by Gasteiger charge is -2.05. The second-order valence-electron chi connectivity index (χ2n) is 2.57. The van der Waals surface area contributed by atoms with Gasteiger partial charge in [0, 0.05) is 5.69 Å². The Kier molecular flexibility index (Phi) is 2.83. The Morgan fingerprint density at radius 3 is 2.82 bits per heavy atom. The van der Waals surface area contributed by atoms with Crippen LogP contribution >= 0.6 is 11.6 Å². The van der Waals surface area contributed by atoms with E-state index in [0.29, 0.717) is 11.1 Å². The average molecular weight is 171 g/mol. The minimum atomic E-state index is 0.468. The fourth-order valence-corrected chi connectivity index (χ4v) is 0.981. The maximum absolute atomic E-state index is 5.69. The summed E-state index contributed by atoms with van der Waals surface area (Å²) in [7, 11) is 0. The van der Waals surface area contributed by atoms with Crippen LogP contribution in [0.3, 0.4) is 0 Å². The van der Waals surface area contributed by atoms with E-state index in [1.807, 2.05) is 6.07 Å². The van der Waals surface area contributed by atoms with Crippen LogP contribution < -0.4 is 0 Å². The molecule has 0 aliphatic carbocycles. The average Bonchev–Trinajstić information content (AvgIpc) is 2.03. The molecule has 3 heteroatoms. The van der Waals surface area contributed by atoms with Gasteiger partial charge in [-0.3, -0.25) is 0 Å². The topological polar surface area (TPSA) is 25.8 Å². The Hall–Kier alpha value is -0.630. The Morgan fingerprint density at radius 2 is 2.27 bits per heavy atom. The first-order valence-corrected chi connectivity index (χ1v) is 4.09. The highest BCUT2D eigenvalue weighted by molar-refractivity contribution is 6.29. The van der Waals surface area contributed by atoms with Crippen molar-refractivity contribution in [3.8, 4) is 0 Å². The summed E-state index contributed by atoms with van der Waals surface area (Å²) in [6, 6.07) is 1.82. The third-order valence-electron chi connectivity index (χ3n) is 1.77. The zero-order valence-electron chi connectivity index (χ0n) is 6.71. The van der Waals surface area contributed by atoms with Gasteiger partial charge in [0.25, 0.3) is 0 Å². The summed E-state index contributed by atoms with van der Waals surface area (Å²) in [6.45, 7) is 4.25. The van der Waals surface area contributed by atoms with Crippen molar-refractivity contribution in [3.05, 3.63) is 23.2 Å². The summed E-state index contributed by atoms with van der Waals surface area (Å²) in [5.74, 6) is 0.468. The van der Waals surface area contributed by atoms with Gasteiger partial charge < -0.3 is 0 Å². The molecule has 1 aromatic heterocycles. The molecule has 0 saturated heterocycles. The maximum Gasteiger partial charge on any atom is 0.132 e. The second-order valence-corrected chi connectivity index (χ2v) is 2.96. The van der Waals surface area contributed by atoms with Crippen molar-refractivity contribution < 1.29 is 0 Å². The van der Waals surface area contributed by atoms with Crippen molar-refractivity contribution in [1.82, 2.24) is 9.97 Å². The summed E-state index contributed by atoms with van der Waals surface area (Å²) in [6.07, 6.45) is 2.58. The highest BCUT2D eigenvalue weighted by atomic mass is 35.5. The van der Waals surface area contributed by atoms with Gasteiger partial charge in [0.2, 0.25) is 0 Å². The number of hydrogen-bond donors (Lipinski definition) is 0. The van der Waals surface area contributed by atoms with Crippen molar-refractivity contribution in [2.75, 3.05) is 0 Å². The van der Waals surface area contributed by atoms with E-state index in [9.17, 15) is 0 Å². The lowest BCUT2D eigenvalue weighted by atomic mass is 10.1. The Bertz CT molecular complexity index is 237. The SMILES string of the molecule is CC[C@@H](C)c1cc(Cl)ncn1. The maximum atomic E-state index is 5.69. The van der Waals surface area contributed by atoms with Gasteiger partial charge in [-0.05, 0) is 18.4 Å². The van der Waals surface area contributed by atoms with Gasteiger partial charge in [-0.2, -0.15) is 0 Å². The van der Waals surface area contributed by atoms with Crippen LogP contribution in [-0.2, 0) is 0 Å². The summed E-state index contributed by atoms with van der Waals surface area (Å²) < 4.78 is 0. The van der Waals surface area contributed by atoms with E-state index in [0.717, 1.165) is 12.1 Å². The van der Waals surface area contributed by atoms with Gasteiger partial charge in [0.15, 0.2) is 0 Å². The van der Waals surface area contributed by atoms with E-state index >= 15 is 0 Å². The largest absolute Gasteiger partial charge is 0.241 e. The van der Waals surface area contributed by atoms with Gasteiger partial charge in [-0.15, -0.1) is 0 Å². The zero-order valence-corrected chi connectivity index (χ0v) is 7.47. The van der Waals surface area contributed by atoms with Crippen molar-refractivity contribution in [1.29, 1.82) is 0 Å². The van der Waals surface area contributed by atoms with E-state index in [2.05, 4.69) is 23.8 Å². The van der Waals surface area contributed by atoms with Crippen LogP contribution in [0.15, 0.2) is 12.4 Å². The molecule has 0 aliphatic rings. The monoisotopic (exact) mass is 170 g/mol. The standard InChI is InChI=1S/C8H11ClN2/c1-3-6(2)7-4-8(9)11-5-10-7/h4-6H,3H2,1-2H3/t6-/m1/s1. The highest BCUT2D eigenvalue weighted by Gasteiger charge is 2.03. The predicted molar refractivity (Wildman–Crippen MR) is 45.7 cm³/mol. The smallest absolute Gasteiger partial charge is 0.132 e. The molecule has 0 unspecified atom stereocenters. The molecule has 1 heterocycles. The lowest BCUT2D eigenvalue weighted by Crippen LogP contribution is -1.95. The Labute approximate surface area is 71.6 Å². The molecule has 2 nitrogen and oxygen atoms in total.